The molecular weight excluding hydrogens is 244 g/mol. The molecule has 0 amide bonds. The quantitative estimate of drug-likeness (QED) is 0.860. The van der Waals surface area contributed by atoms with Gasteiger partial charge in [0.05, 0.1) is 5.69 Å². The molecule has 100 valence electrons. The molecule has 1 aliphatic carbocycles. The van der Waals surface area contributed by atoms with Crippen LogP contribution >= 0.6 is 11.8 Å². The van der Waals surface area contributed by atoms with Crippen molar-refractivity contribution in [3.8, 4) is 5.75 Å². The number of nitrogens with zero attached hydrogens (tertiary/aromatic N) is 1. The SMILES string of the molecule is CCSC1CCC(NCc2nc(C)ccc2O)C1. The molecule has 1 heterocycles. The molecule has 1 aromatic rings. The number of aryl methyl sites for hydroxylation is 1. The molecule has 1 aliphatic rings. The molecule has 4 heteroatoms. The van der Waals surface area contributed by atoms with Crippen LogP contribution in [0.2, 0.25) is 0 Å². The minimum atomic E-state index is 0.297. The van der Waals surface area contributed by atoms with E-state index in [1.165, 1.54) is 25.0 Å². The molecule has 2 rings (SSSR count). The first-order valence-corrected chi connectivity index (χ1v) is 7.74. The van der Waals surface area contributed by atoms with Crippen molar-refractivity contribution in [2.45, 2.75) is 50.9 Å². The summed E-state index contributed by atoms with van der Waals surface area (Å²) >= 11 is 2.06. The fourth-order valence-corrected chi connectivity index (χ4v) is 3.63. The Morgan fingerprint density at radius 3 is 3.06 bits per heavy atom. The van der Waals surface area contributed by atoms with E-state index in [-0.39, 0.29) is 0 Å². The van der Waals surface area contributed by atoms with Gasteiger partial charge in [0.25, 0.3) is 0 Å². The molecule has 0 saturated heterocycles. The molecule has 1 aromatic heterocycles. The van der Waals surface area contributed by atoms with E-state index in [0.717, 1.165) is 16.6 Å². The van der Waals surface area contributed by atoms with Gasteiger partial charge in [0.15, 0.2) is 0 Å². The van der Waals surface area contributed by atoms with Crippen LogP contribution in [0.25, 0.3) is 0 Å². The zero-order valence-corrected chi connectivity index (χ0v) is 12.0. The van der Waals surface area contributed by atoms with Gasteiger partial charge in [0, 0.05) is 23.5 Å². The van der Waals surface area contributed by atoms with Gasteiger partial charge in [-0.3, -0.25) is 4.98 Å². The first kappa shape index (κ1) is 13.7. The second-order valence-electron chi connectivity index (χ2n) is 4.89. The molecule has 0 radical (unpaired) electrons. The number of nitrogens with one attached hydrogen (secondary N) is 1. The lowest BCUT2D eigenvalue weighted by Crippen LogP contribution is -2.26. The molecule has 3 nitrogen and oxygen atoms in total. The van der Waals surface area contributed by atoms with Crippen LogP contribution in [0.1, 0.15) is 37.6 Å². The minimum Gasteiger partial charge on any atom is -0.506 e. The van der Waals surface area contributed by atoms with E-state index >= 15 is 0 Å². The maximum atomic E-state index is 9.74. The number of hydrogen-bond acceptors (Lipinski definition) is 4. The topological polar surface area (TPSA) is 45.2 Å². The highest BCUT2D eigenvalue weighted by atomic mass is 32.2. The number of thioether (sulfide) groups is 1. The molecule has 1 saturated carbocycles. The molecule has 1 fully saturated rings. The largest absolute Gasteiger partial charge is 0.506 e. The predicted molar refractivity (Wildman–Crippen MR) is 77.0 cm³/mol. The first-order chi connectivity index (χ1) is 8.69. The van der Waals surface area contributed by atoms with Crippen molar-refractivity contribution in [1.29, 1.82) is 0 Å². The standard InChI is InChI=1S/C14H22N2OS/c1-3-18-12-6-5-11(8-12)15-9-13-14(17)7-4-10(2)16-13/h4,7,11-12,15,17H,3,5-6,8-9H2,1-2H3. The van der Waals surface area contributed by atoms with Gasteiger partial charge < -0.3 is 10.4 Å². The Morgan fingerprint density at radius 2 is 2.28 bits per heavy atom. The van der Waals surface area contributed by atoms with E-state index in [4.69, 9.17) is 0 Å². The highest BCUT2D eigenvalue weighted by molar-refractivity contribution is 7.99. The van der Waals surface area contributed by atoms with Crippen LogP contribution < -0.4 is 5.32 Å². The van der Waals surface area contributed by atoms with Gasteiger partial charge in [-0.1, -0.05) is 6.92 Å². The van der Waals surface area contributed by atoms with E-state index < -0.39 is 0 Å². The smallest absolute Gasteiger partial charge is 0.138 e. The van der Waals surface area contributed by atoms with Gasteiger partial charge in [-0.05, 0) is 44.1 Å². The van der Waals surface area contributed by atoms with Crippen LogP contribution in [0, 0.1) is 6.92 Å². The molecule has 2 atom stereocenters. The Hall–Kier alpha value is -0.740. The minimum absolute atomic E-state index is 0.297. The number of aromatic nitrogens is 1. The third kappa shape index (κ3) is 3.62. The lowest BCUT2D eigenvalue weighted by molar-refractivity contribution is 0.449. The third-order valence-electron chi connectivity index (χ3n) is 3.43. The van der Waals surface area contributed by atoms with Crippen molar-refractivity contribution in [3.05, 3.63) is 23.5 Å². The molecule has 0 bridgehead atoms. The Bertz CT molecular complexity index is 397. The molecular formula is C14H22N2OS. The zero-order chi connectivity index (χ0) is 13.0. The van der Waals surface area contributed by atoms with Gasteiger partial charge in [0.2, 0.25) is 0 Å². The van der Waals surface area contributed by atoms with Crippen LogP contribution in [-0.4, -0.2) is 27.1 Å². The maximum absolute atomic E-state index is 9.74. The summed E-state index contributed by atoms with van der Waals surface area (Å²) in [5.41, 5.74) is 1.72. The average Bonchev–Trinajstić information content (AvgIpc) is 2.79. The second kappa shape index (κ2) is 6.43. The zero-order valence-electron chi connectivity index (χ0n) is 11.1. The summed E-state index contributed by atoms with van der Waals surface area (Å²) in [6, 6.07) is 4.14. The lowest BCUT2D eigenvalue weighted by atomic mass is 10.2. The number of rotatable bonds is 5. The Balaban J connectivity index is 1.83. The van der Waals surface area contributed by atoms with Crippen LogP contribution in [-0.2, 0) is 6.54 Å². The average molecular weight is 266 g/mol. The summed E-state index contributed by atoms with van der Waals surface area (Å²) in [5.74, 6) is 1.50. The fraction of sp³-hybridized carbons (Fsp3) is 0.643. The van der Waals surface area contributed by atoms with Crippen molar-refractivity contribution in [2.75, 3.05) is 5.75 Å². The van der Waals surface area contributed by atoms with E-state index in [2.05, 4.69) is 29.0 Å². The van der Waals surface area contributed by atoms with Crippen LogP contribution in [0.4, 0.5) is 0 Å². The molecule has 18 heavy (non-hydrogen) atoms. The summed E-state index contributed by atoms with van der Waals surface area (Å²) in [4.78, 5) is 4.37. The van der Waals surface area contributed by atoms with Gasteiger partial charge in [0.1, 0.15) is 5.75 Å². The van der Waals surface area contributed by atoms with Gasteiger partial charge >= 0.3 is 0 Å². The summed E-state index contributed by atoms with van der Waals surface area (Å²) in [6.07, 6.45) is 3.79. The highest BCUT2D eigenvalue weighted by Gasteiger charge is 2.24. The van der Waals surface area contributed by atoms with Crippen molar-refractivity contribution in [2.24, 2.45) is 0 Å². The van der Waals surface area contributed by atoms with Gasteiger partial charge in [-0.25, -0.2) is 0 Å². The van der Waals surface area contributed by atoms with Gasteiger partial charge in [-0.2, -0.15) is 11.8 Å². The van der Waals surface area contributed by atoms with Crippen molar-refractivity contribution < 1.29 is 5.11 Å². The van der Waals surface area contributed by atoms with E-state index in [0.29, 0.717) is 18.3 Å². The molecule has 0 aromatic carbocycles. The van der Waals surface area contributed by atoms with Crippen molar-refractivity contribution >= 4 is 11.8 Å². The first-order valence-electron chi connectivity index (χ1n) is 6.69. The molecule has 2 N–H and O–H groups in total. The molecule has 2 unspecified atom stereocenters. The maximum Gasteiger partial charge on any atom is 0.138 e. The lowest BCUT2D eigenvalue weighted by Gasteiger charge is -2.13. The summed E-state index contributed by atoms with van der Waals surface area (Å²) in [5, 5.41) is 14.1. The van der Waals surface area contributed by atoms with Crippen LogP contribution in [0.5, 0.6) is 5.75 Å². The van der Waals surface area contributed by atoms with Crippen molar-refractivity contribution in [3.63, 3.8) is 0 Å². The van der Waals surface area contributed by atoms with Crippen LogP contribution in [0.3, 0.4) is 0 Å². The normalized spacial score (nSPS) is 23.4. The molecule has 0 spiro atoms. The predicted octanol–water partition coefficient (Wildman–Crippen LogP) is 2.86. The monoisotopic (exact) mass is 266 g/mol. The van der Waals surface area contributed by atoms with Crippen molar-refractivity contribution in [1.82, 2.24) is 10.3 Å². The van der Waals surface area contributed by atoms with E-state index in [1.807, 2.05) is 13.0 Å². The Morgan fingerprint density at radius 1 is 1.44 bits per heavy atom. The van der Waals surface area contributed by atoms with Crippen LogP contribution in [0.15, 0.2) is 12.1 Å². The second-order valence-corrected chi connectivity index (χ2v) is 6.46. The van der Waals surface area contributed by atoms with E-state index in [9.17, 15) is 5.11 Å². The van der Waals surface area contributed by atoms with Gasteiger partial charge in [-0.15, -0.1) is 0 Å². The summed E-state index contributed by atoms with van der Waals surface area (Å²) in [6.45, 7) is 4.84. The third-order valence-corrected chi connectivity index (χ3v) is 4.67. The number of aromatic hydroxyl groups is 1. The fourth-order valence-electron chi connectivity index (χ4n) is 2.49. The number of pyridine rings is 1. The number of hydrogen-bond donors (Lipinski definition) is 2. The Labute approximate surface area is 113 Å². The summed E-state index contributed by atoms with van der Waals surface area (Å²) in [7, 11) is 0. The molecule has 0 aliphatic heterocycles. The summed E-state index contributed by atoms with van der Waals surface area (Å²) < 4.78 is 0. The highest BCUT2D eigenvalue weighted by Crippen LogP contribution is 2.30. The van der Waals surface area contributed by atoms with E-state index in [1.54, 1.807) is 6.07 Å². The Kier molecular flexibility index (Phi) is 4.89.